The van der Waals surface area contributed by atoms with Crippen molar-refractivity contribution >= 4 is 0 Å². The zero-order valence-corrected chi connectivity index (χ0v) is 13.2. The molecule has 0 saturated carbocycles. The van der Waals surface area contributed by atoms with Gasteiger partial charge in [-0.3, -0.25) is 0 Å². The van der Waals surface area contributed by atoms with Gasteiger partial charge in [-0.15, -0.1) is 6.58 Å². The van der Waals surface area contributed by atoms with Gasteiger partial charge in [0.15, 0.2) is 6.29 Å². The van der Waals surface area contributed by atoms with Crippen LogP contribution in [0.4, 0.5) is 0 Å². The summed E-state index contributed by atoms with van der Waals surface area (Å²) in [6.07, 6.45) is 8.90. The van der Waals surface area contributed by atoms with E-state index in [0.717, 1.165) is 31.6 Å². The van der Waals surface area contributed by atoms with E-state index in [2.05, 4.69) is 37.8 Å². The molecule has 2 heteroatoms. The lowest BCUT2D eigenvalue weighted by molar-refractivity contribution is -0.206. The van der Waals surface area contributed by atoms with E-state index in [9.17, 15) is 0 Å². The van der Waals surface area contributed by atoms with Crippen LogP contribution in [0.25, 0.3) is 0 Å². The molecule has 0 aliphatic carbocycles. The first-order chi connectivity index (χ1) is 10.3. The first kappa shape index (κ1) is 16.3. The number of unbranched alkanes of at least 4 members (excludes halogenated alkanes) is 2. The van der Waals surface area contributed by atoms with Crippen molar-refractivity contribution in [2.75, 3.05) is 13.2 Å². The summed E-state index contributed by atoms with van der Waals surface area (Å²) in [5.41, 5.74) is 2.53. The minimum absolute atomic E-state index is 0.173. The molecule has 21 heavy (non-hydrogen) atoms. The van der Waals surface area contributed by atoms with Crippen molar-refractivity contribution < 1.29 is 9.47 Å². The van der Waals surface area contributed by atoms with Gasteiger partial charge in [0.25, 0.3) is 0 Å². The predicted octanol–water partition coefficient (Wildman–Crippen LogP) is 5.05. The minimum Gasteiger partial charge on any atom is -0.348 e. The molecule has 1 aliphatic heterocycles. The van der Waals surface area contributed by atoms with Crippen LogP contribution in [0.15, 0.2) is 36.9 Å². The van der Waals surface area contributed by atoms with Gasteiger partial charge in [0, 0.05) is 11.5 Å². The third-order valence-electron chi connectivity index (χ3n) is 4.04. The van der Waals surface area contributed by atoms with Crippen LogP contribution in [0.5, 0.6) is 0 Å². The van der Waals surface area contributed by atoms with E-state index < -0.39 is 0 Å². The molecule has 0 aromatic heterocycles. The summed E-state index contributed by atoms with van der Waals surface area (Å²) in [5, 5.41) is 0. The SMILES string of the molecule is C=CCCCCc1ccc(C2OCC(CCC)CO2)cc1. The van der Waals surface area contributed by atoms with E-state index in [4.69, 9.17) is 9.47 Å². The molecule has 0 amide bonds. The summed E-state index contributed by atoms with van der Waals surface area (Å²) in [5.74, 6) is 0.565. The van der Waals surface area contributed by atoms with Crippen molar-refractivity contribution in [3.8, 4) is 0 Å². The molecule has 1 aliphatic rings. The van der Waals surface area contributed by atoms with Gasteiger partial charge in [0.1, 0.15) is 0 Å². The van der Waals surface area contributed by atoms with Crippen LogP contribution >= 0.6 is 0 Å². The fourth-order valence-electron chi connectivity index (χ4n) is 2.77. The highest BCUT2D eigenvalue weighted by atomic mass is 16.7. The summed E-state index contributed by atoms with van der Waals surface area (Å²) < 4.78 is 11.7. The van der Waals surface area contributed by atoms with Crippen molar-refractivity contribution in [2.24, 2.45) is 5.92 Å². The molecule has 2 rings (SSSR count). The number of rotatable bonds is 8. The molecule has 0 spiro atoms. The Labute approximate surface area is 129 Å². The van der Waals surface area contributed by atoms with Crippen LogP contribution in [0.3, 0.4) is 0 Å². The normalized spacial score (nSPS) is 22.1. The Balaban J connectivity index is 1.78. The summed E-state index contributed by atoms with van der Waals surface area (Å²) in [7, 11) is 0. The quantitative estimate of drug-likeness (QED) is 0.492. The lowest BCUT2D eigenvalue weighted by Crippen LogP contribution is -2.26. The van der Waals surface area contributed by atoms with Crippen molar-refractivity contribution in [3.63, 3.8) is 0 Å². The smallest absolute Gasteiger partial charge is 0.183 e. The molecular formula is C19H28O2. The summed E-state index contributed by atoms with van der Waals surface area (Å²) in [4.78, 5) is 0. The molecule has 0 bridgehead atoms. The van der Waals surface area contributed by atoms with Gasteiger partial charge >= 0.3 is 0 Å². The van der Waals surface area contributed by atoms with Gasteiger partial charge in [-0.05, 0) is 37.7 Å². The van der Waals surface area contributed by atoms with E-state index >= 15 is 0 Å². The third kappa shape index (κ3) is 5.29. The second-order valence-electron chi connectivity index (χ2n) is 5.93. The monoisotopic (exact) mass is 288 g/mol. The molecule has 1 aromatic rings. The first-order valence-corrected chi connectivity index (χ1v) is 8.26. The molecule has 0 N–H and O–H groups in total. The maximum absolute atomic E-state index is 5.85. The predicted molar refractivity (Wildman–Crippen MR) is 87.2 cm³/mol. The second kappa shape index (κ2) is 9.01. The average molecular weight is 288 g/mol. The van der Waals surface area contributed by atoms with E-state index in [1.54, 1.807) is 0 Å². The number of hydrogen-bond donors (Lipinski definition) is 0. The summed E-state index contributed by atoms with van der Waals surface area (Å²) >= 11 is 0. The topological polar surface area (TPSA) is 18.5 Å². The van der Waals surface area contributed by atoms with E-state index in [1.165, 1.54) is 31.2 Å². The van der Waals surface area contributed by atoms with Crippen LogP contribution in [0.2, 0.25) is 0 Å². The zero-order chi connectivity index (χ0) is 14.9. The first-order valence-electron chi connectivity index (χ1n) is 8.26. The minimum atomic E-state index is -0.173. The van der Waals surface area contributed by atoms with Gasteiger partial charge in [-0.25, -0.2) is 0 Å². The number of aryl methyl sites for hydroxylation is 1. The molecule has 1 saturated heterocycles. The van der Waals surface area contributed by atoms with Crippen molar-refractivity contribution in [1.29, 1.82) is 0 Å². The Bertz CT molecular complexity index is 402. The van der Waals surface area contributed by atoms with Crippen LogP contribution in [-0.2, 0) is 15.9 Å². The molecule has 1 heterocycles. The molecule has 0 atom stereocenters. The summed E-state index contributed by atoms with van der Waals surface area (Å²) in [6, 6.07) is 8.70. The maximum atomic E-state index is 5.85. The number of ether oxygens (including phenoxy) is 2. The molecule has 2 nitrogen and oxygen atoms in total. The van der Waals surface area contributed by atoms with Crippen molar-refractivity contribution in [2.45, 2.75) is 51.7 Å². The van der Waals surface area contributed by atoms with E-state index in [-0.39, 0.29) is 6.29 Å². The summed E-state index contributed by atoms with van der Waals surface area (Å²) in [6.45, 7) is 7.61. The number of allylic oxidation sites excluding steroid dienone is 1. The molecule has 1 aromatic carbocycles. The van der Waals surface area contributed by atoms with Gasteiger partial charge < -0.3 is 9.47 Å². The van der Waals surface area contributed by atoms with Crippen molar-refractivity contribution in [3.05, 3.63) is 48.0 Å². The van der Waals surface area contributed by atoms with Crippen LogP contribution in [-0.4, -0.2) is 13.2 Å². The highest BCUT2D eigenvalue weighted by molar-refractivity contribution is 5.23. The third-order valence-corrected chi connectivity index (χ3v) is 4.04. The van der Waals surface area contributed by atoms with E-state index in [1.807, 2.05) is 6.08 Å². The zero-order valence-electron chi connectivity index (χ0n) is 13.2. The van der Waals surface area contributed by atoms with Crippen molar-refractivity contribution in [1.82, 2.24) is 0 Å². The Hall–Kier alpha value is -1.12. The Morgan fingerprint density at radius 3 is 2.48 bits per heavy atom. The van der Waals surface area contributed by atoms with Crippen LogP contribution in [0.1, 0.15) is 56.4 Å². The second-order valence-corrected chi connectivity index (χ2v) is 5.93. The number of benzene rings is 1. The van der Waals surface area contributed by atoms with Gasteiger partial charge in [0.2, 0.25) is 0 Å². The molecular weight excluding hydrogens is 260 g/mol. The van der Waals surface area contributed by atoms with Crippen LogP contribution < -0.4 is 0 Å². The van der Waals surface area contributed by atoms with E-state index in [0.29, 0.717) is 5.92 Å². The highest BCUT2D eigenvalue weighted by Crippen LogP contribution is 2.27. The van der Waals surface area contributed by atoms with Gasteiger partial charge in [0.05, 0.1) is 13.2 Å². The van der Waals surface area contributed by atoms with Crippen LogP contribution in [0, 0.1) is 5.92 Å². The largest absolute Gasteiger partial charge is 0.348 e. The standard InChI is InChI=1S/C19H28O2/c1-3-5-6-7-9-16-10-12-18(13-11-16)19-20-14-17(8-4-2)15-21-19/h3,10-13,17,19H,1,4-9,14-15H2,2H3. The molecule has 116 valence electrons. The maximum Gasteiger partial charge on any atom is 0.183 e. The molecule has 0 radical (unpaired) electrons. The Morgan fingerprint density at radius 1 is 1.14 bits per heavy atom. The highest BCUT2D eigenvalue weighted by Gasteiger charge is 2.22. The fraction of sp³-hybridized carbons (Fsp3) is 0.579. The van der Waals surface area contributed by atoms with Gasteiger partial charge in [-0.2, -0.15) is 0 Å². The number of hydrogen-bond acceptors (Lipinski definition) is 2. The molecule has 0 unspecified atom stereocenters. The average Bonchev–Trinajstić information content (AvgIpc) is 2.53. The molecule has 1 fully saturated rings. The lowest BCUT2D eigenvalue weighted by Gasteiger charge is -2.29. The van der Waals surface area contributed by atoms with Gasteiger partial charge in [-0.1, -0.05) is 43.7 Å². The fourth-order valence-corrected chi connectivity index (χ4v) is 2.77. The Kier molecular flexibility index (Phi) is 6.98. The Morgan fingerprint density at radius 2 is 1.86 bits per heavy atom. The lowest BCUT2D eigenvalue weighted by atomic mass is 10.0.